The molecule has 28 heavy (non-hydrogen) atoms. The third-order valence-corrected chi connectivity index (χ3v) is 4.45. The van der Waals surface area contributed by atoms with Crippen molar-refractivity contribution in [3.8, 4) is 5.75 Å². The van der Waals surface area contributed by atoms with Crippen LogP contribution in [-0.2, 0) is 11.3 Å². The van der Waals surface area contributed by atoms with Gasteiger partial charge in [0.05, 0.1) is 13.7 Å². The minimum Gasteiger partial charge on any atom is -0.494 e. The first-order valence-corrected chi connectivity index (χ1v) is 9.05. The number of carbonyl (C=O) groups is 2. The lowest BCUT2D eigenvalue weighted by Gasteiger charge is -2.20. The highest BCUT2D eigenvalue weighted by atomic mass is 19.1. The number of aryl methyl sites for hydroxylation is 2. The molecule has 0 aliphatic heterocycles. The van der Waals surface area contributed by atoms with Crippen molar-refractivity contribution in [2.45, 2.75) is 27.3 Å². The predicted molar refractivity (Wildman–Crippen MR) is 107 cm³/mol. The van der Waals surface area contributed by atoms with E-state index in [1.807, 2.05) is 32.9 Å². The SMILES string of the molecule is CCN(CC(=O)NC(=O)Nc1ccc(C)c(C)c1)Cc1ccc(OC)c(F)c1. The summed E-state index contributed by atoms with van der Waals surface area (Å²) in [7, 11) is 1.41. The smallest absolute Gasteiger partial charge is 0.325 e. The lowest BCUT2D eigenvalue weighted by atomic mass is 10.1. The lowest BCUT2D eigenvalue weighted by Crippen LogP contribution is -2.41. The predicted octanol–water partition coefficient (Wildman–Crippen LogP) is 3.62. The number of hydrogen-bond acceptors (Lipinski definition) is 4. The fourth-order valence-electron chi connectivity index (χ4n) is 2.70. The van der Waals surface area contributed by atoms with Crippen LogP contribution in [0.3, 0.4) is 0 Å². The topological polar surface area (TPSA) is 70.7 Å². The number of nitrogens with zero attached hydrogens (tertiary/aromatic N) is 1. The van der Waals surface area contributed by atoms with Gasteiger partial charge in [0.15, 0.2) is 11.6 Å². The molecule has 0 atom stereocenters. The van der Waals surface area contributed by atoms with Gasteiger partial charge in [0.25, 0.3) is 0 Å². The molecule has 2 aromatic carbocycles. The highest BCUT2D eigenvalue weighted by molar-refractivity contribution is 6.01. The summed E-state index contributed by atoms with van der Waals surface area (Å²) in [5.41, 5.74) is 3.51. The summed E-state index contributed by atoms with van der Waals surface area (Å²) in [6.45, 7) is 6.79. The van der Waals surface area contributed by atoms with Crippen molar-refractivity contribution < 1.29 is 18.7 Å². The number of ether oxygens (including phenoxy) is 1. The summed E-state index contributed by atoms with van der Waals surface area (Å²) in [6.07, 6.45) is 0. The first-order valence-electron chi connectivity index (χ1n) is 9.05. The van der Waals surface area contributed by atoms with Gasteiger partial charge in [-0.05, 0) is 61.3 Å². The number of urea groups is 1. The van der Waals surface area contributed by atoms with Gasteiger partial charge >= 0.3 is 6.03 Å². The molecule has 2 N–H and O–H groups in total. The zero-order valence-corrected chi connectivity index (χ0v) is 16.6. The van der Waals surface area contributed by atoms with E-state index in [0.29, 0.717) is 24.3 Å². The van der Waals surface area contributed by atoms with Crippen LogP contribution in [0, 0.1) is 19.7 Å². The van der Waals surface area contributed by atoms with Gasteiger partial charge in [-0.3, -0.25) is 15.0 Å². The summed E-state index contributed by atoms with van der Waals surface area (Å²) in [5, 5.41) is 4.97. The molecule has 0 saturated heterocycles. The summed E-state index contributed by atoms with van der Waals surface area (Å²) < 4.78 is 18.7. The van der Waals surface area contributed by atoms with E-state index in [0.717, 1.165) is 11.1 Å². The van der Waals surface area contributed by atoms with Gasteiger partial charge < -0.3 is 10.1 Å². The Morgan fingerprint density at radius 3 is 2.46 bits per heavy atom. The Hall–Kier alpha value is -2.93. The number of methoxy groups -OCH3 is 1. The number of imide groups is 1. The molecule has 2 aromatic rings. The molecule has 0 spiro atoms. The van der Waals surface area contributed by atoms with Crippen LogP contribution in [0.5, 0.6) is 5.75 Å². The van der Waals surface area contributed by atoms with Crippen molar-refractivity contribution in [2.24, 2.45) is 0 Å². The quantitative estimate of drug-likeness (QED) is 0.761. The first-order chi connectivity index (χ1) is 13.3. The molecule has 3 amide bonds. The Kier molecular flexibility index (Phi) is 7.52. The van der Waals surface area contributed by atoms with Crippen LogP contribution in [0.15, 0.2) is 36.4 Å². The van der Waals surface area contributed by atoms with E-state index < -0.39 is 17.8 Å². The van der Waals surface area contributed by atoms with Crippen LogP contribution in [0.1, 0.15) is 23.6 Å². The summed E-state index contributed by atoms with van der Waals surface area (Å²) in [5.74, 6) is -0.710. The molecular formula is C21H26FN3O3. The lowest BCUT2D eigenvalue weighted by molar-refractivity contribution is -0.121. The minimum absolute atomic E-state index is 0.0183. The molecule has 0 radical (unpaired) electrons. The molecule has 0 aliphatic rings. The van der Waals surface area contributed by atoms with Crippen LogP contribution in [0.4, 0.5) is 14.9 Å². The summed E-state index contributed by atoms with van der Waals surface area (Å²) >= 11 is 0. The van der Waals surface area contributed by atoms with Crippen LogP contribution >= 0.6 is 0 Å². The van der Waals surface area contributed by atoms with E-state index in [2.05, 4.69) is 10.6 Å². The van der Waals surface area contributed by atoms with Gasteiger partial charge in [-0.25, -0.2) is 9.18 Å². The van der Waals surface area contributed by atoms with Crippen molar-refractivity contribution in [3.63, 3.8) is 0 Å². The molecule has 6 nitrogen and oxygen atoms in total. The van der Waals surface area contributed by atoms with Crippen molar-refractivity contribution in [3.05, 3.63) is 58.9 Å². The van der Waals surface area contributed by atoms with E-state index in [9.17, 15) is 14.0 Å². The van der Waals surface area contributed by atoms with Crippen LogP contribution in [0.2, 0.25) is 0 Å². The number of amides is 3. The molecule has 2 rings (SSSR count). The van der Waals surface area contributed by atoms with E-state index in [1.165, 1.54) is 13.2 Å². The first kappa shape index (κ1) is 21.4. The molecule has 150 valence electrons. The van der Waals surface area contributed by atoms with Crippen molar-refractivity contribution in [2.75, 3.05) is 25.5 Å². The molecular weight excluding hydrogens is 361 g/mol. The molecule has 0 heterocycles. The fraction of sp³-hybridized carbons (Fsp3) is 0.333. The number of rotatable bonds is 7. The third kappa shape index (κ3) is 6.06. The van der Waals surface area contributed by atoms with Gasteiger partial charge in [-0.15, -0.1) is 0 Å². The monoisotopic (exact) mass is 387 g/mol. The Balaban J connectivity index is 1.89. The number of anilines is 1. The minimum atomic E-state index is -0.584. The third-order valence-electron chi connectivity index (χ3n) is 4.45. The fourth-order valence-corrected chi connectivity index (χ4v) is 2.70. The zero-order chi connectivity index (χ0) is 20.7. The molecule has 0 saturated carbocycles. The average Bonchev–Trinajstić information content (AvgIpc) is 2.64. The van der Waals surface area contributed by atoms with Crippen molar-refractivity contribution in [1.82, 2.24) is 10.2 Å². The maximum absolute atomic E-state index is 13.8. The molecule has 0 fully saturated rings. The summed E-state index contributed by atoms with van der Waals surface area (Å²) in [4.78, 5) is 26.0. The normalized spacial score (nSPS) is 10.6. The van der Waals surface area contributed by atoms with Crippen LogP contribution < -0.4 is 15.4 Å². The van der Waals surface area contributed by atoms with E-state index in [4.69, 9.17) is 4.74 Å². The Morgan fingerprint density at radius 2 is 1.86 bits per heavy atom. The van der Waals surface area contributed by atoms with E-state index >= 15 is 0 Å². The number of halogens is 1. The van der Waals surface area contributed by atoms with E-state index in [1.54, 1.807) is 23.1 Å². The largest absolute Gasteiger partial charge is 0.494 e. The van der Waals surface area contributed by atoms with Gasteiger partial charge in [0, 0.05) is 12.2 Å². The Labute approximate surface area is 164 Å². The van der Waals surface area contributed by atoms with Crippen LogP contribution in [-0.4, -0.2) is 37.0 Å². The number of likely N-dealkylation sites (N-methyl/N-ethyl adjacent to an activating group) is 1. The standard InChI is InChI=1S/C21H26FN3O3/c1-5-25(12-16-7-9-19(28-4)18(22)11-16)13-20(26)24-21(27)23-17-8-6-14(2)15(3)10-17/h6-11H,5,12-13H2,1-4H3,(H2,23,24,26,27). The van der Waals surface area contributed by atoms with Crippen molar-refractivity contribution in [1.29, 1.82) is 0 Å². The van der Waals surface area contributed by atoms with Crippen LogP contribution in [0.25, 0.3) is 0 Å². The molecule has 0 bridgehead atoms. The van der Waals surface area contributed by atoms with Gasteiger partial charge in [0.2, 0.25) is 5.91 Å². The number of nitrogens with one attached hydrogen (secondary N) is 2. The number of carbonyl (C=O) groups excluding carboxylic acids is 2. The Morgan fingerprint density at radius 1 is 1.11 bits per heavy atom. The second-order valence-corrected chi connectivity index (χ2v) is 6.57. The average molecular weight is 387 g/mol. The molecule has 7 heteroatoms. The Bertz CT molecular complexity index is 855. The highest BCUT2D eigenvalue weighted by Crippen LogP contribution is 2.18. The molecule has 0 aromatic heterocycles. The number of hydrogen-bond donors (Lipinski definition) is 2. The second kappa shape index (κ2) is 9.85. The number of benzene rings is 2. The van der Waals surface area contributed by atoms with E-state index in [-0.39, 0.29) is 12.3 Å². The zero-order valence-electron chi connectivity index (χ0n) is 16.6. The highest BCUT2D eigenvalue weighted by Gasteiger charge is 2.14. The molecule has 0 aliphatic carbocycles. The summed E-state index contributed by atoms with van der Waals surface area (Å²) in [6, 6.07) is 9.62. The maximum atomic E-state index is 13.8. The van der Waals surface area contributed by atoms with Crippen molar-refractivity contribution >= 4 is 17.6 Å². The van der Waals surface area contributed by atoms with Gasteiger partial charge in [0.1, 0.15) is 0 Å². The van der Waals surface area contributed by atoms with Gasteiger partial charge in [-0.1, -0.05) is 19.1 Å². The maximum Gasteiger partial charge on any atom is 0.325 e. The second-order valence-electron chi connectivity index (χ2n) is 6.57. The molecule has 0 unspecified atom stereocenters. The van der Waals surface area contributed by atoms with Gasteiger partial charge in [-0.2, -0.15) is 0 Å².